The molecule has 0 radical (unpaired) electrons. The minimum atomic E-state index is -0.430. The summed E-state index contributed by atoms with van der Waals surface area (Å²) in [4.78, 5) is 12.2. The van der Waals surface area contributed by atoms with E-state index < -0.39 is 5.91 Å². The van der Waals surface area contributed by atoms with Crippen molar-refractivity contribution in [1.82, 2.24) is 15.6 Å². The Bertz CT molecular complexity index is 946. The number of ether oxygens (including phenoxy) is 1. The summed E-state index contributed by atoms with van der Waals surface area (Å²) in [6.07, 6.45) is 1.48. The van der Waals surface area contributed by atoms with E-state index in [4.69, 9.17) is 4.74 Å². The highest BCUT2D eigenvalue weighted by Crippen LogP contribution is 2.22. The Balaban J connectivity index is 1.64. The number of carbonyl (C=O) groups excluding carboxylic acids is 1. The van der Waals surface area contributed by atoms with Crippen LogP contribution in [0.4, 0.5) is 0 Å². The van der Waals surface area contributed by atoms with E-state index in [2.05, 4.69) is 20.7 Å². The van der Waals surface area contributed by atoms with Crippen LogP contribution >= 0.6 is 0 Å². The van der Waals surface area contributed by atoms with Crippen LogP contribution in [0.1, 0.15) is 29.9 Å². The van der Waals surface area contributed by atoms with Crippen LogP contribution in [0.3, 0.4) is 0 Å². The molecule has 27 heavy (non-hydrogen) atoms. The predicted molar refractivity (Wildman–Crippen MR) is 103 cm³/mol. The van der Waals surface area contributed by atoms with Gasteiger partial charge < -0.3 is 9.84 Å². The minimum Gasteiger partial charge on any atom is -0.507 e. The number of phenols is 1. The molecule has 1 aromatic heterocycles. The van der Waals surface area contributed by atoms with Crippen LogP contribution in [-0.2, 0) is 0 Å². The Morgan fingerprint density at radius 1 is 1.22 bits per heavy atom. The van der Waals surface area contributed by atoms with Gasteiger partial charge in [-0.3, -0.25) is 9.89 Å². The molecular weight excluding hydrogens is 344 g/mol. The van der Waals surface area contributed by atoms with Gasteiger partial charge in [0.05, 0.1) is 18.0 Å². The van der Waals surface area contributed by atoms with Crippen molar-refractivity contribution in [1.29, 1.82) is 0 Å². The zero-order valence-corrected chi connectivity index (χ0v) is 15.0. The fourth-order valence-corrected chi connectivity index (χ4v) is 2.38. The summed E-state index contributed by atoms with van der Waals surface area (Å²) in [5.74, 6) is 0.435. The van der Waals surface area contributed by atoms with E-state index in [1.165, 1.54) is 6.21 Å². The second-order valence-corrected chi connectivity index (χ2v) is 6.12. The fraction of sp³-hybridized carbons (Fsp3) is 0.150. The summed E-state index contributed by atoms with van der Waals surface area (Å²) in [5.41, 5.74) is 4.68. The number of rotatable bonds is 6. The van der Waals surface area contributed by atoms with E-state index in [0.717, 1.165) is 11.3 Å². The van der Waals surface area contributed by atoms with Gasteiger partial charge in [-0.1, -0.05) is 12.1 Å². The second-order valence-electron chi connectivity index (χ2n) is 6.12. The zero-order chi connectivity index (χ0) is 19.2. The number of aromatic hydroxyl groups is 1. The molecule has 1 amide bonds. The Kier molecular flexibility index (Phi) is 5.51. The lowest BCUT2D eigenvalue weighted by Gasteiger charge is -2.09. The number of amides is 1. The molecular formula is C20H20N4O3. The number of nitrogens with one attached hydrogen (secondary N) is 2. The molecule has 0 unspecified atom stereocenters. The van der Waals surface area contributed by atoms with E-state index >= 15 is 0 Å². The van der Waals surface area contributed by atoms with Gasteiger partial charge in [0, 0.05) is 11.1 Å². The van der Waals surface area contributed by atoms with E-state index in [1.54, 1.807) is 30.3 Å². The number of phenolic OH excluding ortho intramolecular Hbond substituents is 1. The van der Waals surface area contributed by atoms with Crippen molar-refractivity contribution in [2.45, 2.75) is 20.0 Å². The molecule has 138 valence electrons. The number of hydrogen-bond donors (Lipinski definition) is 3. The molecule has 0 fully saturated rings. The molecule has 0 spiro atoms. The van der Waals surface area contributed by atoms with Gasteiger partial charge >= 0.3 is 0 Å². The molecule has 7 nitrogen and oxygen atoms in total. The number of nitrogens with zero attached hydrogens (tertiary/aromatic N) is 2. The topological polar surface area (TPSA) is 99.6 Å². The predicted octanol–water partition coefficient (Wildman–Crippen LogP) is 3.33. The van der Waals surface area contributed by atoms with E-state index in [1.807, 2.05) is 38.1 Å². The highest BCUT2D eigenvalue weighted by atomic mass is 16.5. The first-order valence-electron chi connectivity index (χ1n) is 8.47. The number of carbonyl (C=O) groups is 1. The number of hydrazone groups is 1. The van der Waals surface area contributed by atoms with E-state index in [9.17, 15) is 9.90 Å². The number of H-pyrrole nitrogens is 1. The van der Waals surface area contributed by atoms with Gasteiger partial charge in [0.25, 0.3) is 5.91 Å². The highest BCUT2D eigenvalue weighted by molar-refractivity contribution is 5.94. The maximum atomic E-state index is 12.2. The zero-order valence-electron chi connectivity index (χ0n) is 15.0. The third-order valence-electron chi connectivity index (χ3n) is 3.65. The molecule has 0 saturated carbocycles. The SMILES string of the molecule is CC(C)Oc1ccc(-c2cc(C(=O)NN=Cc3ccccc3O)[nH]n2)cc1. The third kappa shape index (κ3) is 4.72. The average molecular weight is 364 g/mol. The Morgan fingerprint density at radius 2 is 1.96 bits per heavy atom. The summed E-state index contributed by atoms with van der Waals surface area (Å²) >= 11 is 0. The van der Waals surface area contributed by atoms with Crippen LogP contribution in [0.5, 0.6) is 11.5 Å². The normalized spacial score (nSPS) is 11.1. The fourth-order valence-electron chi connectivity index (χ4n) is 2.38. The number of aromatic nitrogens is 2. The van der Waals surface area contributed by atoms with Gasteiger partial charge in [-0.05, 0) is 56.3 Å². The first-order chi connectivity index (χ1) is 13.0. The van der Waals surface area contributed by atoms with Crippen molar-refractivity contribution in [2.24, 2.45) is 5.10 Å². The first kappa shape index (κ1) is 18.2. The van der Waals surface area contributed by atoms with Gasteiger partial charge in [0.1, 0.15) is 17.2 Å². The van der Waals surface area contributed by atoms with Crippen LogP contribution in [-0.4, -0.2) is 33.5 Å². The standard InChI is InChI=1S/C20H20N4O3/c1-13(2)27-16-9-7-14(8-10-16)17-11-18(23-22-17)20(26)24-21-12-15-5-3-4-6-19(15)25/h3-13,25H,1-2H3,(H,22,23)(H,24,26). The molecule has 0 saturated heterocycles. The summed E-state index contributed by atoms with van der Waals surface area (Å²) in [5, 5.41) is 20.4. The summed E-state index contributed by atoms with van der Waals surface area (Å²) in [6, 6.07) is 15.8. The van der Waals surface area contributed by atoms with E-state index in [0.29, 0.717) is 11.3 Å². The van der Waals surface area contributed by atoms with Gasteiger partial charge in [0.15, 0.2) is 0 Å². The van der Waals surface area contributed by atoms with Crippen molar-refractivity contribution >= 4 is 12.1 Å². The number of aromatic amines is 1. The average Bonchev–Trinajstić information content (AvgIpc) is 3.13. The maximum absolute atomic E-state index is 12.2. The molecule has 7 heteroatoms. The maximum Gasteiger partial charge on any atom is 0.289 e. The van der Waals surface area contributed by atoms with Crippen LogP contribution in [0.2, 0.25) is 0 Å². The quantitative estimate of drug-likeness (QED) is 0.461. The van der Waals surface area contributed by atoms with Crippen molar-refractivity contribution in [3.8, 4) is 22.8 Å². The third-order valence-corrected chi connectivity index (χ3v) is 3.65. The van der Waals surface area contributed by atoms with Gasteiger partial charge in [-0.15, -0.1) is 0 Å². The summed E-state index contributed by atoms with van der Waals surface area (Å²) in [7, 11) is 0. The Labute approximate surface area is 156 Å². The number of benzene rings is 2. The first-order valence-corrected chi connectivity index (χ1v) is 8.47. The van der Waals surface area contributed by atoms with Gasteiger partial charge in [0.2, 0.25) is 0 Å². The molecule has 0 aliphatic rings. The van der Waals surface area contributed by atoms with Gasteiger partial charge in [-0.2, -0.15) is 10.2 Å². The molecule has 3 aromatic rings. The largest absolute Gasteiger partial charge is 0.507 e. The molecule has 1 heterocycles. The van der Waals surface area contributed by atoms with Crippen LogP contribution < -0.4 is 10.2 Å². The lowest BCUT2D eigenvalue weighted by Crippen LogP contribution is -2.18. The molecule has 0 bridgehead atoms. The van der Waals surface area contributed by atoms with Crippen molar-refractivity contribution in [3.63, 3.8) is 0 Å². The molecule has 0 atom stereocenters. The Morgan fingerprint density at radius 3 is 2.67 bits per heavy atom. The van der Waals surface area contributed by atoms with Crippen molar-refractivity contribution in [2.75, 3.05) is 0 Å². The summed E-state index contributed by atoms with van der Waals surface area (Å²) in [6.45, 7) is 3.93. The van der Waals surface area contributed by atoms with Gasteiger partial charge in [-0.25, -0.2) is 5.43 Å². The van der Waals surface area contributed by atoms with Crippen molar-refractivity contribution < 1.29 is 14.6 Å². The lowest BCUT2D eigenvalue weighted by molar-refractivity contribution is 0.0950. The minimum absolute atomic E-state index is 0.0872. The van der Waals surface area contributed by atoms with Crippen LogP contribution in [0, 0.1) is 0 Å². The number of para-hydroxylation sites is 1. The smallest absolute Gasteiger partial charge is 0.289 e. The molecule has 2 aromatic carbocycles. The lowest BCUT2D eigenvalue weighted by atomic mass is 10.1. The molecule has 3 rings (SSSR count). The van der Waals surface area contributed by atoms with Crippen LogP contribution in [0.25, 0.3) is 11.3 Å². The monoisotopic (exact) mass is 364 g/mol. The highest BCUT2D eigenvalue weighted by Gasteiger charge is 2.10. The van der Waals surface area contributed by atoms with Crippen LogP contribution in [0.15, 0.2) is 59.7 Å². The molecule has 0 aliphatic heterocycles. The number of hydrogen-bond acceptors (Lipinski definition) is 5. The van der Waals surface area contributed by atoms with E-state index in [-0.39, 0.29) is 17.5 Å². The summed E-state index contributed by atoms with van der Waals surface area (Å²) < 4.78 is 5.61. The Hall–Kier alpha value is -3.61. The van der Waals surface area contributed by atoms with Crippen molar-refractivity contribution in [3.05, 3.63) is 65.9 Å². The molecule has 3 N–H and O–H groups in total. The second kappa shape index (κ2) is 8.18. The molecule has 0 aliphatic carbocycles.